The fourth-order valence-electron chi connectivity index (χ4n) is 1.67. The van der Waals surface area contributed by atoms with Crippen LogP contribution in [0.1, 0.15) is 19.8 Å². The van der Waals surface area contributed by atoms with Gasteiger partial charge in [-0.05, 0) is 26.8 Å². The van der Waals surface area contributed by atoms with Gasteiger partial charge in [0.15, 0.2) is 5.96 Å². The molecule has 1 aliphatic heterocycles. The standard InChI is InChI=1S/C9H20N4/c1-7-4-5-8(6-13(7)3)12-9(10)11-2/h7-8H,4-6H2,1-3H3,(H3,10,11,12)/t7-,8-/m0/s1. The second-order valence-electron chi connectivity index (χ2n) is 3.82. The van der Waals surface area contributed by atoms with E-state index in [-0.39, 0.29) is 0 Å². The molecule has 0 amide bonds. The molecule has 4 nitrogen and oxygen atoms in total. The maximum Gasteiger partial charge on any atom is 0.188 e. The Labute approximate surface area is 80.2 Å². The lowest BCUT2D eigenvalue weighted by atomic mass is 10.0. The molecule has 1 aliphatic rings. The molecule has 0 aliphatic carbocycles. The molecule has 0 aromatic heterocycles. The first-order chi connectivity index (χ1) is 6.13. The highest BCUT2D eigenvalue weighted by Crippen LogP contribution is 2.14. The van der Waals surface area contributed by atoms with Gasteiger partial charge < -0.3 is 16.0 Å². The van der Waals surface area contributed by atoms with Crippen LogP contribution in [-0.2, 0) is 0 Å². The molecule has 1 rings (SSSR count). The van der Waals surface area contributed by atoms with Crippen LogP contribution in [0.2, 0.25) is 0 Å². The SMILES string of the molecule is C/N=C(\N)N[C@H]1CC[C@H](C)N(C)C1. The van der Waals surface area contributed by atoms with E-state index >= 15 is 0 Å². The van der Waals surface area contributed by atoms with Gasteiger partial charge in [-0.2, -0.15) is 0 Å². The van der Waals surface area contributed by atoms with Crippen LogP contribution >= 0.6 is 0 Å². The maximum atomic E-state index is 5.60. The molecule has 0 radical (unpaired) electrons. The van der Waals surface area contributed by atoms with E-state index in [4.69, 9.17) is 5.73 Å². The van der Waals surface area contributed by atoms with E-state index < -0.39 is 0 Å². The summed E-state index contributed by atoms with van der Waals surface area (Å²) in [5, 5.41) is 3.21. The van der Waals surface area contributed by atoms with Crippen molar-refractivity contribution < 1.29 is 0 Å². The second-order valence-corrected chi connectivity index (χ2v) is 3.82. The van der Waals surface area contributed by atoms with Crippen molar-refractivity contribution in [1.82, 2.24) is 10.2 Å². The fourth-order valence-corrected chi connectivity index (χ4v) is 1.67. The van der Waals surface area contributed by atoms with Gasteiger partial charge in [0.1, 0.15) is 0 Å². The van der Waals surface area contributed by atoms with Gasteiger partial charge >= 0.3 is 0 Å². The highest BCUT2D eigenvalue weighted by molar-refractivity contribution is 5.77. The number of rotatable bonds is 1. The zero-order valence-electron chi connectivity index (χ0n) is 8.75. The minimum absolute atomic E-state index is 0.463. The van der Waals surface area contributed by atoms with Crippen LogP contribution < -0.4 is 11.1 Å². The van der Waals surface area contributed by atoms with Crippen LogP contribution in [0.15, 0.2) is 4.99 Å². The van der Waals surface area contributed by atoms with Crippen LogP contribution in [0.5, 0.6) is 0 Å². The molecule has 0 bridgehead atoms. The molecule has 0 unspecified atom stereocenters. The van der Waals surface area contributed by atoms with E-state index in [1.54, 1.807) is 7.05 Å². The van der Waals surface area contributed by atoms with Crippen molar-refractivity contribution in [3.05, 3.63) is 0 Å². The Hall–Kier alpha value is -0.770. The molecule has 0 aromatic carbocycles. The van der Waals surface area contributed by atoms with E-state index in [9.17, 15) is 0 Å². The van der Waals surface area contributed by atoms with Gasteiger partial charge in [0, 0.05) is 25.7 Å². The van der Waals surface area contributed by atoms with E-state index in [2.05, 4.69) is 29.2 Å². The summed E-state index contributed by atoms with van der Waals surface area (Å²) in [5.41, 5.74) is 5.60. The van der Waals surface area contributed by atoms with Crippen LogP contribution in [-0.4, -0.2) is 43.6 Å². The quantitative estimate of drug-likeness (QED) is 0.445. The smallest absolute Gasteiger partial charge is 0.188 e. The molecular weight excluding hydrogens is 164 g/mol. The van der Waals surface area contributed by atoms with E-state index in [1.807, 2.05) is 0 Å². The average molecular weight is 184 g/mol. The Morgan fingerprint density at radius 2 is 2.23 bits per heavy atom. The first-order valence-electron chi connectivity index (χ1n) is 4.82. The molecule has 1 fully saturated rings. The largest absolute Gasteiger partial charge is 0.370 e. The number of aliphatic imine (C=N–C) groups is 1. The van der Waals surface area contributed by atoms with Gasteiger partial charge in [0.05, 0.1) is 0 Å². The number of nitrogens with zero attached hydrogens (tertiary/aromatic N) is 2. The number of likely N-dealkylation sites (tertiary alicyclic amines) is 1. The Bertz CT molecular complexity index is 190. The van der Waals surface area contributed by atoms with Crippen LogP contribution in [0.4, 0.5) is 0 Å². The topological polar surface area (TPSA) is 53.6 Å². The lowest BCUT2D eigenvalue weighted by Gasteiger charge is -2.35. The molecule has 1 saturated heterocycles. The predicted octanol–water partition coefficient (Wildman–Crippen LogP) is 0.00320. The number of hydrogen-bond donors (Lipinski definition) is 2. The lowest BCUT2D eigenvalue weighted by molar-refractivity contribution is 0.174. The first-order valence-corrected chi connectivity index (χ1v) is 4.82. The van der Waals surface area contributed by atoms with Crippen molar-refractivity contribution in [3.8, 4) is 0 Å². The van der Waals surface area contributed by atoms with E-state index in [0.29, 0.717) is 18.0 Å². The molecular formula is C9H20N4. The number of nitrogens with two attached hydrogens (primary N) is 1. The number of nitrogens with one attached hydrogen (secondary N) is 1. The Morgan fingerprint density at radius 3 is 2.77 bits per heavy atom. The minimum atomic E-state index is 0.463. The second kappa shape index (κ2) is 4.46. The number of guanidine groups is 1. The Kier molecular flexibility index (Phi) is 3.54. The normalized spacial score (nSPS) is 31.8. The Morgan fingerprint density at radius 1 is 1.54 bits per heavy atom. The summed E-state index contributed by atoms with van der Waals surface area (Å²) in [7, 11) is 3.86. The van der Waals surface area contributed by atoms with Crippen LogP contribution in [0, 0.1) is 0 Å². The minimum Gasteiger partial charge on any atom is -0.370 e. The first kappa shape index (κ1) is 10.3. The molecule has 4 heteroatoms. The molecule has 0 aromatic rings. The lowest BCUT2D eigenvalue weighted by Crippen LogP contribution is -2.51. The highest BCUT2D eigenvalue weighted by Gasteiger charge is 2.22. The summed E-state index contributed by atoms with van der Waals surface area (Å²) >= 11 is 0. The van der Waals surface area contributed by atoms with Gasteiger partial charge in [-0.25, -0.2) is 0 Å². The van der Waals surface area contributed by atoms with Crippen molar-refractivity contribution in [1.29, 1.82) is 0 Å². The van der Waals surface area contributed by atoms with Crippen molar-refractivity contribution in [2.75, 3.05) is 20.6 Å². The van der Waals surface area contributed by atoms with Gasteiger partial charge in [0.2, 0.25) is 0 Å². The van der Waals surface area contributed by atoms with Crippen LogP contribution in [0.3, 0.4) is 0 Å². The van der Waals surface area contributed by atoms with E-state index in [1.165, 1.54) is 12.8 Å². The summed E-state index contributed by atoms with van der Waals surface area (Å²) in [6.45, 7) is 3.31. The van der Waals surface area contributed by atoms with Gasteiger partial charge in [-0.1, -0.05) is 0 Å². The van der Waals surface area contributed by atoms with E-state index in [0.717, 1.165) is 6.54 Å². The molecule has 0 spiro atoms. The van der Waals surface area contributed by atoms with Gasteiger partial charge in [0.25, 0.3) is 0 Å². The summed E-state index contributed by atoms with van der Waals surface area (Å²) in [6.07, 6.45) is 2.41. The number of piperidine rings is 1. The number of hydrogen-bond acceptors (Lipinski definition) is 2. The summed E-state index contributed by atoms with van der Waals surface area (Å²) in [4.78, 5) is 6.24. The summed E-state index contributed by atoms with van der Waals surface area (Å²) < 4.78 is 0. The summed E-state index contributed by atoms with van der Waals surface area (Å²) in [5.74, 6) is 0.549. The molecule has 0 saturated carbocycles. The molecule has 13 heavy (non-hydrogen) atoms. The van der Waals surface area contributed by atoms with Crippen LogP contribution in [0.25, 0.3) is 0 Å². The average Bonchev–Trinajstić information content (AvgIpc) is 2.11. The third kappa shape index (κ3) is 2.88. The van der Waals surface area contributed by atoms with Crippen molar-refractivity contribution in [2.24, 2.45) is 10.7 Å². The maximum absolute atomic E-state index is 5.60. The third-order valence-electron chi connectivity index (χ3n) is 2.79. The molecule has 76 valence electrons. The van der Waals surface area contributed by atoms with Crippen molar-refractivity contribution >= 4 is 5.96 Å². The molecule has 3 N–H and O–H groups in total. The number of likely N-dealkylation sites (N-methyl/N-ethyl adjacent to an activating group) is 1. The fraction of sp³-hybridized carbons (Fsp3) is 0.889. The molecule has 1 heterocycles. The molecule has 2 atom stereocenters. The highest BCUT2D eigenvalue weighted by atomic mass is 15.2. The monoisotopic (exact) mass is 184 g/mol. The zero-order chi connectivity index (χ0) is 9.84. The third-order valence-corrected chi connectivity index (χ3v) is 2.79. The van der Waals surface area contributed by atoms with Crippen molar-refractivity contribution in [2.45, 2.75) is 31.8 Å². The Balaban J connectivity index is 2.37. The predicted molar refractivity (Wildman–Crippen MR) is 55.8 cm³/mol. The zero-order valence-corrected chi connectivity index (χ0v) is 8.75. The van der Waals surface area contributed by atoms with Crippen molar-refractivity contribution in [3.63, 3.8) is 0 Å². The van der Waals surface area contributed by atoms with Gasteiger partial charge in [-0.3, -0.25) is 4.99 Å². The summed E-state index contributed by atoms with van der Waals surface area (Å²) in [6, 6.07) is 1.16. The van der Waals surface area contributed by atoms with Gasteiger partial charge in [-0.15, -0.1) is 0 Å².